The van der Waals surface area contributed by atoms with Crippen molar-refractivity contribution >= 4 is 11.8 Å². The first-order valence-corrected chi connectivity index (χ1v) is 10.2. The molecule has 0 fully saturated rings. The molecular weight excluding hydrogens is 384 g/mol. The Hall–Kier alpha value is -3.13. The number of benzene rings is 2. The number of nitrogens with two attached hydrogens (primary N) is 1. The van der Waals surface area contributed by atoms with Gasteiger partial charge in [0.05, 0.1) is 5.75 Å². The fourth-order valence-corrected chi connectivity index (χ4v) is 3.53. The maximum Gasteiger partial charge on any atom is 0.237 e. The lowest BCUT2D eigenvalue weighted by molar-refractivity contribution is 0.391. The molecule has 2 aromatic carbocycles. The van der Waals surface area contributed by atoms with E-state index >= 15 is 0 Å². The first-order valence-electron chi connectivity index (χ1n) is 9.24. The molecule has 0 aliphatic heterocycles. The number of nitrogens with zero attached hydrogens (tertiary/aromatic N) is 5. The van der Waals surface area contributed by atoms with E-state index in [9.17, 15) is 0 Å². The molecule has 0 aliphatic carbocycles. The Balaban J connectivity index is 1.46. The molecule has 0 saturated carbocycles. The molecule has 4 rings (SSSR count). The van der Waals surface area contributed by atoms with Crippen LogP contribution >= 0.6 is 11.8 Å². The van der Waals surface area contributed by atoms with Gasteiger partial charge < -0.3 is 10.4 Å². The number of aromatic nitrogens is 5. The molecule has 0 radical (unpaired) electrons. The average Bonchev–Trinajstić information content (AvgIpc) is 3.33. The highest BCUT2D eigenvalue weighted by Crippen LogP contribution is 2.27. The van der Waals surface area contributed by atoms with E-state index in [0.29, 0.717) is 28.4 Å². The Kier molecular flexibility index (Phi) is 5.10. The summed E-state index contributed by atoms with van der Waals surface area (Å²) >= 11 is 1.40. The highest BCUT2D eigenvalue weighted by atomic mass is 32.2. The minimum Gasteiger partial charge on any atom is -0.338 e. The fraction of sp³-hybridized carbons (Fsp3) is 0.238. The van der Waals surface area contributed by atoms with E-state index in [1.807, 2.05) is 42.5 Å². The van der Waals surface area contributed by atoms with Crippen LogP contribution in [0.25, 0.3) is 22.8 Å². The second kappa shape index (κ2) is 7.71. The Morgan fingerprint density at radius 2 is 1.69 bits per heavy atom. The van der Waals surface area contributed by atoms with Crippen molar-refractivity contribution in [3.05, 3.63) is 66.1 Å². The number of rotatable bonds is 5. The molecular formula is C21H22N6OS. The summed E-state index contributed by atoms with van der Waals surface area (Å²) in [5.74, 6) is 8.37. The summed E-state index contributed by atoms with van der Waals surface area (Å²) in [6, 6.07) is 17.9. The van der Waals surface area contributed by atoms with Gasteiger partial charge in [-0.25, -0.2) is 4.68 Å². The predicted octanol–water partition coefficient (Wildman–Crippen LogP) is 4.30. The van der Waals surface area contributed by atoms with Crippen molar-refractivity contribution in [3.8, 4) is 22.8 Å². The molecule has 0 bridgehead atoms. The van der Waals surface area contributed by atoms with E-state index in [1.54, 1.807) is 0 Å². The average molecular weight is 407 g/mol. The van der Waals surface area contributed by atoms with Crippen LogP contribution in [-0.2, 0) is 11.2 Å². The monoisotopic (exact) mass is 406 g/mol. The summed E-state index contributed by atoms with van der Waals surface area (Å²) in [6.07, 6.45) is 0. The number of nitrogen functional groups attached to an aromatic ring is 1. The standard InChI is InChI=1S/C21H22N6OS/c1-21(2,3)16-11-9-15(10-12-16)19-24-25-20(27(19)22)29-13-17-23-18(26-28-17)14-7-5-4-6-8-14/h4-12H,13,22H2,1-3H3. The third kappa shape index (κ3) is 4.17. The van der Waals surface area contributed by atoms with Gasteiger partial charge in [-0.2, -0.15) is 4.98 Å². The zero-order chi connectivity index (χ0) is 20.4. The lowest BCUT2D eigenvalue weighted by Crippen LogP contribution is -2.12. The lowest BCUT2D eigenvalue weighted by atomic mass is 9.87. The highest BCUT2D eigenvalue weighted by Gasteiger charge is 2.17. The third-order valence-electron chi connectivity index (χ3n) is 4.50. The molecule has 4 aromatic rings. The molecule has 0 saturated heterocycles. The normalized spacial score (nSPS) is 11.7. The van der Waals surface area contributed by atoms with Crippen LogP contribution in [0.2, 0.25) is 0 Å². The Morgan fingerprint density at radius 1 is 0.966 bits per heavy atom. The maximum atomic E-state index is 6.22. The number of thioether (sulfide) groups is 1. The molecule has 148 valence electrons. The molecule has 0 spiro atoms. The Labute approximate surface area is 173 Å². The SMILES string of the molecule is CC(C)(C)c1ccc(-c2nnc(SCc3nc(-c4ccccc4)no3)n2N)cc1. The summed E-state index contributed by atoms with van der Waals surface area (Å²) in [6.45, 7) is 6.55. The Bertz CT molecular complexity index is 1100. The van der Waals surface area contributed by atoms with Crippen LogP contribution in [-0.4, -0.2) is 25.0 Å². The summed E-state index contributed by atoms with van der Waals surface area (Å²) in [7, 11) is 0. The molecule has 7 nitrogen and oxygen atoms in total. The van der Waals surface area contributed by atoms with Crippen LogP contribution in [0, 0.1) is 0 Å². The Morgan fingerprint density at radius 3 is 2.38 bits per heavy atom. The van der Waals surface area contributed by atoms with E-state index < -0.39 is 0 Å². The van der Waals surface area contributed by atoms with Gasteiger partial charge in [0.2, 0.25) is 16.9 Å². The van der Waals surface area contributed by atoms with E-state index in [-0.39, 0.29) is 5.41 Å². The highest BCUT2D eigenvalue weighted by molar-refractivity contribution is 7.98. The van der Waals surface area contributed by atoms with Gasteiger partial charge in [-0.3, -0.25) is 0 Å². The molecule has 2 heterocycles. The lowest BCUT2D eigenvalue weighted by Gasteiger charge is -2.19. The van der Waals surface area contributed by atoms with Crippen LogP contribution < -0.4 is 5.84 Å². The second-order valence-corrected chi connectivity index (χ2v) is 8.61. The van der Waals surface area contributed by atoms with Gasteiger partial charge in [0.1, 0.15) is 0 Å². The largest absolute Gasteiger partial charge is 0.338 e. The number of hydrogen-bond acceptors (Lipinski definition) is 7. The molecule has 0 amide bonds. The summed E-state index contributed by atoms with van der Waals surface area (Å²) < 4.78 is 6.83. The topological polar surface area (TPSA) is 95.6 Å². The van der Waals surface area contributed by atoms with Crippen molar-refractivity contribution < 1.29 is 4.52 Å². The fourth-order valence-electron chi connectivity index (χ4n) is 2.84. The zero-order valence-corrected chi connectivity index (χ0v) is 17.3. The van der Waals surface area contributed by atoms with E-state index in [0.717, 1.165) is 11.1 Å². The summed E-state index contributed by atoms with van der Waals surface area (Å²) in [5.41, 5.74) is 3.18. The minimum atomic E-state index is 0.0958. The van der Waals surface area contributed by atoms with Crippen molar-refractivity contribution in [1.29, 1.82) is 0 Å². The maximum absolute atomic E-state index is 6.22. The van der Waals surface area contributed by atoms with Gasteiger partial charge in [0.15, 0.2) is 5.82 Å². The van der Waals surface area contributed by atoms with Crippen molar-refractivity contribution in [3.63, 3.8) is 0 Å². The van der Waals surface area contributed by atoms with Crippen molar-refractivity contribution in [2.24, 2.45) is 0 Å². The van der Waals surface area contributed by atoms with E-state index in [2.05, 4.69) is 53.2 Å². The van der Waals surface area contributed by atoms with Gasteiger partial charge in [-0.05, 0) is 11.0 Å². The first-order chi connectivity index (χ1) is 13.9. The zero-order valence-electron chi connectivity index (χ0n) is 16.5. The van der Waals surface area contributed by atoms with Gasteiger partial charge in [0.25, 0.3) is 0 Å². The summed E-state index contributed by atoms with van der Waals surface area (Å²) in [4.78, 5) is 4.43. The molecule has 8 heteroatoms. The van der Waals surface area contributed by atoms with Gasteiger partial charge in [-0.15, -0.1) is 10.2 Å². The van der Waals surface area contributed by atoms with Crippen molar-refractivity contribution in [1.82, 2.24) is 25.0 Å². The molecule has 0 aliphatic rings. The second-order valence-electron chi connectivity index (χ2n) is 7.67. The smallest absolute Gasteiger partial charge is 0.237 e. The molecule has 0 atom stereocenters. The van der Waals surface area contributed by atoms with Gasteiger partial charge in [-0.1, -0.05) is 92.3 Å². The van der Waals surface area contributed by atoms with Gasteiger partial charge in [0, 0.05) is 11.1 Å². The van der Waals surface area contributed by atoms with Gasteiger partial charge >= 0.3 is 0 Å². The minimum absolute atomic E-state index is 0.0958. The molecule has 29 heavy (non-hydrogen) atoms. The van der Waals surface area contributed by atoms with Crippen molar-refractivity contribution in [2.75, 3.05) is 5.84 Å². The van der Waals surface area contributed by atoms with E-state index in [4.69, 9.17) is 10.4 Å². The van der Waals surface area contributed by atoms with Crippen molar-refractivity contribution in [2.45, 2.75) is 37.1 Å². The molecule has 2 N–H and O–H groups in total. The predicted molar refractivity (Wildman–Crippen MR) is 114 cm³/mol. The molecule has 2 aromatic heterocycles. The van der Waals surface area contributed by atoms with Crippen LogP contribution in [0.5, 0.6) is 0 Å². The summed E-state index contributed by atoms with van der Waals surface area (Å²) in [5, 5.41) is 13.1. The van der Waals surface area contributed by atoms with Crippen LogP contribution in [0.1, 0.15) is 32.2 Å². The van der Waals surface area contributed by atoms with Crippen LogP contribution in [0.4, 0.5) is 0 Å². The number of hydrogen-bond donors (Lipinski definition) is 1. The van der Waals surface area contributed by atoms with E-state index in [1.165, 1.54) is 22.0 Å². The molecule has 0 unspecified atom stereocenters. The quantitative estimate of drug-likeness (QED) is 0.390. The van der Waals surface area contributed by atoms with Crippen LogP contribution in [0.3, 0.4) is 0 Å². The first kappa shape index (κ1) is 19.2. The van der Waals surface area contributed by atoms with Crippen LogP contribution in [0.15, 0.2) is 64.3 Å². The third-order valence-corrected chi connectivity index (χ3v) is 5.43.